The topological polar surface area (TPSA) is 111 Å². The van der Waals surface area contributed by atoms with Crippen LogP contribution in [-0.4, -0.2) is 70.9 Å². The summed E-state index contributed by atoms with van der Waals surface area (Å²) in [7, 11) is 0. The van der Waals surface area contributed by atoms with E-state index in [9.17, 15) is 18.4 Å². The van der Waals surface area contributed by atoms with E-state index in [1.807, 2.05) is 30.3 Å². The van der Waals surface area contributed by atoms with Crippen molar-refractivity contribution in [3.8, 4) is 23.0 Å². The van der Waals surface area contributed by atoms with Crippen LogP contribution in [-0.2, 0) is 0 Å². The van der Waals surface area contributed by atoms with Crippen LogP contribution in [0.15, 0.2) is 52.9 Å². The molecule has 6 rings (SSSR count). The van der Waals surface area contributed by atoms with Gasteiger partial charge < -0.3 is 24.5 Å². The van der Waals surface area contributed by atoms with E-state index in [0.29, 0.717) is 44.1 Å². The van der Waals surface area contributed by atoms with Crippen LogP contribution in [0.25, 0.3) is 11.5 Å². The van der Waals surface area contributed by atoms with Crippen molar-refractivity contribution in [3.05, 3.63) is 65.5 Å². The number of nitrogens with two attached hydrogens (primary N) is 1. The first-order valence-corrected chi connectivity index (χ1v) is 15.3. The van der Waals surface area contributed by atoms with Gasteiger partial charge in [-0.1, -0.05) is 30.3 Å². The lowest BCUT2D eigenvalue weighted by atomic mass is 9.98. The zero-order chi connectivity index (χ0) is 31.0. The third-order valence-corrected chi connectivity index (χ3v) is 8.78. The number of benzene rings is 2. The number of nitrogens with zero attached hydrogens (tertiary/aromatic N) is 3. The first-order valence-electron chi connectivity index (χ1n) is 15.3. The molecular weight excluding hydrogens is 570 g/mol. The van der Waals surface area contributed by atoms with Crippen molar-refractivity contribution in [1.82, 2.24) is 14.8 Å². The molecule has 1 unspecified atom stereocenters. The number of ether oxygens (including phenoxy) is 2. The number of amides is 1. The van der Waals surface area contributed by atoms with Crippen LogP contribution in [0.2, 0.25) is 0 Å². The van der Waals surface area contributed by atoms with Gasteiger partial charge in [0.15, 0.2) is 28.7 Å². The molecule has 1 aromatic heterocycles. The Morgan fingerprint density at radius 1 is 1.11 bits per heavy atom. The highest BCUT2D eigenvalue weighted by atomic mass is 19.3. The van der Waals surface area contributed by atoms with Crippen LogP contribution in [0.4, 0.5) is 8.78 Å². The predicted octanol–water partition coefficient (Wildman–Crippen LogP) is 5.70. The van der Waals surface area contributed by atoms with Gasteiger partial charge in [-0.25, -0.2) is 4.98 Å². The SMILES string of the molecule is CC1CN(C(=O)c2nc(-c3ccc(OC(F)F)c(OCC4CC4)c3)oc2[C@H](C)N)CCN1C1(CC(=O)c2ccccc2)CC1. The highest BCUT2D eigenvalue weighted by Gasteiger charge is 2.52. The highest BCUT2D eigenvalue weighted by molar-refractivity contribution is 5.97. The number of ketones is 1. The molecule has 9 nitrogen and oxygen atoms in total. The fourth-order valence-electron chi connectivity index (χ4n) is 6.09. The van der Waals surface area contributed by atoms with Crippen molar-refractivity contribution < 1.29 is 32.3 Å². The Balaban J connectivity index is 1.17. The molecule has 0 spiro atoms. The van der Waals surface area contributed by atoms with E-state index in [1.54, 1.807) is 17.9 Å². The molecule has 1 amide bonds. The largest absolute Gasteiger partial charge is 0.489 e. The summed E-state index contributed by atoms with van der Waals surface area (Å²) in [6.45, 7) is 2.78. The number of carbonyl (C=O) groups excluding carboxylic acids is 2. The number of rotatable bonds is 12. The zero-order valence-electron chi connectivity index (χ0n) is 25.0. The Labute approximate surface area is 255 Å². The summed E-state index contributed by atoms with van der Waals surface area (Å²) in [5.74, 6) is 0.727. The van der Waals surface area contributed by atoms with E-state index in [1.165, 1.54) is 12.1 Å². The molecule has 1 aliphatic heterocycles. The van der Waals surface area contributed by atoms with Gasteiger partial charge in [0.2, 0.25) is 5.89 Å². The van der Waals surface area contributed by atoms with Crippen molar-refractivity contribution in [1.29, 1.82) is 0 Å². The Hall–Kier alpha value is -3.83. The van der Waals surface area contributed by atoms with Gasteiger partial charge in [-0.2, -0.15) is 8.78 Å². The predicted molar refractivity (Wildman–Crippen MR) is 159 cm³/mol. The fraction of sp³-hybridized carbons (Fsp3) is 0.485. The highest BCUT2D eigenvalue weighted by Crippen LogP contribution is 2.47. The minimum Gasteiger partial charge on any atom is -0.489 e. The number of halogens is 2. The molecule has 234 valence electrons. The smallest absolute Gasteiger partial charge is 0.387 e. The fourth-order valence-corrected chi connectivity index (χ4v) is 6.09. The third kappa shape index (κ3) is 6.49. The normalized spacial score (nSPS) is 20.4. The van der Waals surface area contributed by atoms with Gasteiger partial charge in [0.05, 0.1) is 12.6 Å². The molecule has 1 saturated heterocycles. The summed E-state index contributed by atoms with van der Waals surface area (Å²) in [5, 5.41) is 0. The van der Waals surface area contributed by atoms with E-state index in [-0.39, 0.29) is 52.1 Å². The van der Waals surface area contributed by atoms with Crippen LogP contribution in [0.3, 0.4) is 0 Å². The average molecular weight is 609 g/mol. The second-order valence-corrected chi connectivity index (χ2v) is 12.3. The molecule has 2 heterocycles. The number of piperazine rings is 1. The third-order valence-electron chi connectivity index (χ3n) is 8.78. The lowest BCUT2D eigenvalue weighted by Gasteiger charge is -2.44. The molecule has 3 aliphatic rings. The monoisotopic (exact) mass is 608 g/mol. The van der Waals surface area contributed by atoms with Gasteiger partial charge in [-0.15, -0.1) is 0 Å². The molecule has 2 saturated carbocycles. The van der Waals surface area contributed by atoms with Gasteiger partial charge in [0.25, 0.3) is 5.91 Å². The molecule has 2 aliphatic carbocycles. The molecule has 3 aromatic rings. The number of hydrogen-bond donors (Lipinski definition) is 1. The quantitative estimate of drug-likeness (QED) is 0.261. The zero-order valence-corrected chi connectivity index (χ0v) is 25.0. The number of carbonyl (C=O) groups is 2. The Kier molecular flexibility index (Phi) is 8.43. The second-order valence-electron chi connectivity index (χ2n) is 12.3. The first kappa shape index (κ1) is 30.2. The number of alkyl halides is 2. The minimum absolute atomic E-state index is 0.0393. The number of Topliss-reactive ketones (excluding diaryl/α,β-unsaturated/α-hetero) is 1. The summed E-state index contributed by atoms with van der Waals surface area (Å²) in [6, 6.07) is 13.3. The summed E-state index contributed by atoms with van der Waals surface area (Å²) in [5.41, 5.74) is 7.35. The van der Waals surface area contributed by atoms with E-state index >= 15 is 0 Å². The second kappa shape index (κ2) is 12.3. The van der Waals surface area contributed by atoms with Crippen LogP contribution in [0.1, 0.15) is 78.6 Å². The summed E-state index contributed by atoms with van der Waals surface area (Å²) >= 11 is 0. The van der Waals surface area contributed by atoms with Crippen molar-refractivity contribution >= 4 is 11.7 Å². The molecule has 11 heteroatoms. The molecule has 44 heavy (non-hydrogen) atoms. The lowest BCUT2D eigenvalue weighted by Crippen LogP contribution is -2.58. The van der Waals surface area contributed by atoms with Crippen molar-refractivity contribution in [2.75, 3.05) is 26.2 Å². The minimum atomic E-state index is -3.00. The van der Waals surface area contributed by atoms with Gasteiger partial charge in [-0.3, -0.25) is 14.5 Å². The maximum Gasteiger partial charge on any atom is 0.387 e. The molecule has 2 N–H and O–H groups in total. The van der Waals surface area contributed by atoms with Gasteiger partial charge in [0.1, 0.15) is 0 Å². The number of hydrogen-bond acceptors (Lipinski definition) is 8. The van der Waals surface area contributed by atoms with E-state index in [2.05, 4.69) is 21.5 Å². The maximum absolute atomic E-state index is 13.8. The van der Waals surface area contributed by atoms with Crippen LogP contribution in [0.5, 0.6) is 11.5 Å². The van der Waals surface area contributed by atoms with Crippen LogP contribution >= 0.6 is 0 Å². The standard InChI is InChI=1S/C33H38F2N4O5/c1-20-18-38(14-15-39(20)33(12-13-33)17-25(40)23-6-4-3-5-7-23)31(41)28-29(21(2)36)44-30(37-28)24-10-11-26(43-32(34)35)27(16-24)42-19-22-8-9-22/h3-7,10-11,16,20-22,32H,8-9,12-15,17-19,36H2,1-2H3/t20?,21-/m0/s1. The Bertz CT molecular complexity index is 1500. The number of aromatic nitrogens is 1. The molecule has 2 aromatic carbocycles. The van der Waals surface area contributed by atoms with Gasteiger partial charge in [-0.05, 0) is 63.6 Å². The van der Waals surface area contributed by atoms with Gasteiger partial charge in [0, 0.05) is 48.8 Å². The Morgan fingerprint density at radius 2 is 1.86 bits per heavy atom. The van der Waals surface area contributed by atoms with Crippen molar-refractivity contribution in [2.45, 2.75) is 70.2 Å². The average Bonchev–Trinajstić information content (AvgIpc) is 3.94. The van der Waals surface area contributed by atoms with Gasteiger partial charge >= 0.3 is 6.61 Å². The molecule has 2 atom stereocenters. The summed E-state index contributed by atoms with van der Waals surface area (Å²) in [6.07, 6.45) is 4.45. The lowest BCUT2D eigenvalue weighted by molar-refractivity contribution is -0.0515. The molecule has 0 radical (unpaired) electrons. The van der Waals surface area contributed by atoms with Crippen LogP contribution < -0.4 is 15.2 Å². The van der Waals surface area contributed by atoms with E-state index in [4.69, 9.17) is 14.9 Å². The van der Waals surface area contributed by atoms with E-state index in [0.717, 1.165) is 31.2 Å². The van der Waals surface area contributed by atoms with Crippen LogP contribution in [0, 0.1) is 5.92 Å². The van der Waals surface area contributed by atoms with E-state index < -0.39 is 12.7 Å². The summed E-state index contributed by atoms with van der Waals surface area (Å²) < 4.78 is 42.5. The first-order chi connectivity index (χ1) is 21.1. The molecule has 3 fully saturated rings. The summed E-state index contributed by atoms with van der Waals surface area (Å²) in [4.78, 5) is 35.5. The maximum atomic E-state index is 13.8. The molecule has 0 bridgehead atoms. The Morgan fingerprint density at radius 3 is 2.50 bits per heavy atom. The molecular formula is C33H38F2N4O5. The number of oxazole rings is 1. The van der Waals surface area contributed by atoms with Crippen molar-refractivity contribution in [3.63, 3.8) is 0 Å². The van der Waals surface area contributed by atoms with Crippen molar-refractivity contribution in [2.24, 2.45) is 11.7 Å².